The van der Waals surface area contributed by atoms with Gasteiger partial charge in [-0.15, -0.1) is 0 Å². The van der Waals surface area contributed by atoms with Crippen molar-refractivity contribution >= 4 is 11.8 Å². The summed E-state index contributed by atoms with van der Waals surface area (Å²) in [6, 6.07) is 11.5. The Balaban J connectivity index is 0.997. The quantitative estimate of drug-likeness (QED) is 0.104. The predicted molar refractivity (Wildman–Crippen MR) is 180 cm³/mol. The number of benzene rings is 1. The minimum absolute atomic E-state index is 0.123. The molecule has 5 rings (SSSR count). The van der Waals surface area contributed by atoms with Crippen LogP contribution < -0.4 is 42.9 Å². The second-order valence-corrected chi connectivity index (χ2v) is 15.9. The Morgan fingerprint density at radius 3 is 2.59 bits per heavy atom. The summed E-state index contributed by atoms with van der Waals surface area (Å²) in [5.41, 5.74) is 12.8. The number of nitrogens with two attached hydrogens (primary N) is 1. The number of nitrogen functional groups attached to an aromatic ring is 1. The summed E-state index contributed by atoms with van der Waals surface area (Å²) >= 11 is 0.123. The molecule has 2 aliphatic carbocycles. The zero-order valence-electron chi connectivity index (χ0n) is 26.7. The van der Waals surface area contributed by atoms with Crippen LogP contribution in [0.5, 0.6) is 0 Å². The molecule has 2 fully saturated rings. The average molecular weight is 711 g/mol. The molecular formula is C36H53IN7-. The number of allylic oxidation sites excluding steroid dienone is 5. The van der Waals surface area contributed by atoms with Crippen LogP contribution in [-0.4, -0.2) is 49.0 Å². The second kappa shape index (κ2) is 17.9. The standard InChI is InChI=1S/C36H53IN7/c1-28-10-5-2-3-8-13-34(28)44-23-20-31(37-27-44)18-19-33-24-35(38)43-36(42-33)41-26-30-16-14-29(15-17-30)25-39-21-9-22-40-32-11-6-4-7-12-32/h2-3,8,13-17,24,31-32,39-40H,4-7,9-12,18-23,25-27H2,1H3,(H3,38,41,42,43)/q-1. The molecule has 0 radical (unpaired) electrons. The molecule has 2 heterocycles. The van der Waals surface area contributed by atoms with Gasteiger partial charge in [0.25, 0.3) is 0 Å². The average Bonchev–Trinajstić information content (AvgIpc) is 3.04. The number of nitrogens with one attached hydrogen (secondary N) is 3. The van der Waals surface area contributed by atoms with Crippen molar-refractivity contribution in [1.29, 1.82) is 0 Å². The number of hydrogen-bond donors (Lipinski definition) is 4. The normalized spacial score (nSPS) is 19.8. The van der Waals surface area contributed by atoms with E-state index in [1.54, 1.807) is 0 Å². The van der Waals surface area contributed by atoms with Crippen molar-refractivity contribution in [3.05, 3.63) is 82.7 Å². The van der Waals surface area contributed by atoms with Gasteiger partial charge in [0.1, 0.15) is 0 Å². The van der Waals surface area contributed by atoms with E-state index in [0.29, 0.717) is 18.3 Å². The summed E-state index contributed by atoms with van der Waals surface area (Å²) in [6.07, 6.45) is 22.8. The molecule has 5 N–H and O–H groups in total. The molecule has 44 heavy (non-hydrogen) atoms. The number of alkyl halides is 2. The molecule has 0 spiro atoms. The van der Waals surface area contributed by atoms with E-state index >= 15 is 0 Å². The Morgan fingerprint density at radius 2 is 1.80 bits per heavy atom. The number of halogens is 1. The number of aromatic nitrogens is 2. The Morgan fingerprint density at radius 1 is 0.977 bits per heavy atom. The van der Waals surface area contributed by atoms with E-state index in [1.165, 1.54) is 84.7 Å². The molecule has 8 heteroatoms. The van der Waals surface area contributed by atoms with Gasteiger partial charge in [-0.05, 0) is 32.4 Å². The summed E-state index contributed by atoms with van der Waals surface area (Å²) in [5.74, 6) is 1.18. The third-order valence-corrected chi connectivity index (χ3v) is 12.7. The number of aryl methyl sites for hydroxylation is 1. The van der Waals surface area contributed by atoms with Crippen molar-refractivity contribution in [3.8, 4) is 0 Å². The van der Waals surface area contributed by atoms with Crippen LogP contribution in [0.4, 0.5) is 11.8 Å². The predicted octanol–water partition coefficient (Wildman–Crippen LogP) is 3.31. The van der Waals surface area contributed by atoms with Crippen LogP contribution in [0, 0.1) is 0 Å². The van der Waals surface area contributed by atoms with Crippen molar-refractivity contribution in [2.24, 2.45) is 0 Å². The fraction of sp³-hybridized carbons (Fsp3) is 0.556. The zero-order valence-corrected chi connectivity index (χ0v) is 28.8. The van der Waals surface area contributed by atoms with Crippen molar-refractivity contribution in [2.45, 2.75) is 101 Å². The van der Waals surface area contributed by atoms with Gasteiger partial charge in [0, 0.05) is 12.6 Å². The molecule has 1 aromatic heterocycles. The zero-order chi connectivity index (χ0) is 30.4. The molecule has 3 aliphatic rings. The first-order chi connectivity index (χ1) is 21.6. The third kappa shape index (κ3) is 10.9. The van der Waals surface area contributed by atoms with Crippen molar-refractivity contribution in [3.63, 3.8) is 0 Å². The van der Waals surface area contributed by atoms with E-state index in [4.69, 9.17) is 10.7 Å². The van der Waals surface area contributed by atoms with Gasteiger partial charge in [-0.25, -0.2) is 0 Å². The van der Waals surface area contributed by atoms with Gasteiger partial charge < -0.3 is 10.6 Å². The molecule has 0 amide bonds. The summed E-state index contributed by atoms with van der Waals surface area (Å²) < 4.78 is 2.08. The van der Waals surface area contributed by atoms with Gasteiger partial charge in [-0.1, -0.05) is 19.3 Å². The first-order valence-corrected chi connectivity index (χ1v) is 19.6. The molecule has 0 bridgehead atoms. The maximum absolute atomic E-state index is 6.19. The van der Waals surface area contributed by atoms with E-state index in [1.807, 2.05) is 6.07 Å². The molecule has 1 saturated carbocycles. The van der Waals surface area contributed by atoms with Crippen LogP contribution in [0.2, 0.25) is 0 Å². The van der Waals surface area contributed by atoms with Crippen LogP contribution >= 0.6 is 0 Å². The van der Waals surface area contributed by atoms with Crippen LogP contribution in [0.15, 0.2) is 65.9 Å². The van der Waals surface area contributed by atoms with Gasteiger partial charge in [0.05, 0.1) is 0 Å². The molecule has 1 atom stereocenters. The summed E-state index contributed by atoms with van der Waals surface area (Å²) in [7, 11) is 0. The van der Waals surface area contributed by atoms with E-state index in [2.05, 4.69) is 81.3 Å². The van der Waals surface area contributed by atoms with E-state index in [9.17, 15) is 0 Å². The Hall–Kier alpha value is -2.43. The molecule has 1 aliphatic heterocycles. The van der Waals surface area contributed by atoms with Crippen molar-refractivity contribution in [1.82, 2.24) is 25.5 Å². The first kappa shape index (κ1) is 32.9. The molecule has 7 nitrogen and oxygen atoms in total. The minimum atomic E-state index is 0.123. The fourth-order valence-corrected chi connectivity index (χ4v) is 9.54. The fourth-order valence-electron chi connectivity index (χ4n) is 6.33. The van der Waals surface area contributed by atoms with Crippen LogP contribution in [0.3, 0.4) is 0 Å². The molecule has 2 aromatic rings. The number of anilines is 2. The summed E-state index contributed by atoms with van der Waals surface area (Å²) in [4.78, 5) is 11.9. The molecular weight excluding hydrogens is 657 g/mol. The van der Waals surface area contributed by atoms with E-state index in [0.717, 1.165) is 54.7 Å². The molecule has 1 aromatic carbocycles. The SMILES string of the molecule is CC1=C(N2CCC(CCc3cc(N)nc(NCc4ccc(CNCCCNC5CCCCC5)cc4)n3)[I-]C2)C=CC=CCC1. The van der Waals surface area contributed by atoms with Gasteiger partial charge in [0.2, 0.25) is 0 Å². The number of rotatable bonds is 14. The second-order valence-electron chi connectivity index (χ2n) is 12.6. The molecule has 1 saturated heterocycles. The topological polar surface area (TPSA) is 91.1 Å². The Bertz CT molecular complexity index is 1240. The van der Waals surface area contributed by atoms with Gasteiger partial charge >= 0.3 is 202 Å². The van der Waals surface area contributed by atoms with Gasteiger partial charge in [-0.2, -0.15) is 0 Å². The van der Waals surface area contributed by atoms with Gasteiger partial charge in [0.15, 0.2) is 0 Å². The monoisotopic (exact) mass is 710 g/mol. The molecule has 240 valence electrons. The van der Waals surface area contributed by atoms with Crippen molar-refractivity contribution in [2.75, 3.05) is 35.2 Å². The van der Waals surface area contributed by atoms with Crippen molar-refractivity contribution < 1.29 is 21.2 Å². The van der Waals surface area contributed by atoms with Crippen LogP contribution in [0.1, 0.15) is 88.0 Å². The Labute approximate surface area is 275 Å². The third-order valence-electron chi connectivity index (χ3n) is 8.99. The van der Waals surface area contributed by atoms with E-state index < -0.39 is 0 Å². The number of nitrogens with zero attached hydrogens (tertiary/aromatic N) is 3. The summed E-state index contributed by atoms with van der Waals surface area (Å²) in [6.45, 7) is 7.23. The number of hydrogen-bond acceptors (Lipinski definition) is 7. The molecule has 1 unspecified atom stereocenters. The Kier molecular flexibility index (Phi) is 13.4. The van der Waals surface area contributed by atoms with Crippen LogP contribution in [-0.2, 0) is 19.5 Å². The summed E-state index contributed by atoms with van der Waals surface area (Å²) in [5, 5.41) is 10.7. The van der Waals surface area contributed by atoms with Gasteiger partial charge in [-0.3, -0.25) is 0 Å². The first-order valence-electron chi connectivity index (χ1n) is 16.9. The van der Waals surface area contributed by atoms with Crippen LogP contribution in [0.25, 0.3) is 0 Å². The van der Waals surface area contributed by atoms with E-state index in [-0.39, 0.29) is 21.2 Å². The maximum atomic E-state index is 6.19.